The Morgan fingerprint density at radius 3 is 2.19 bits per heavy atom. The van der Waals surface area contributed by atoms with Gasteiger partial charge in [0.25, 0.3) is 5.91 Å². The lowest BCUT2D eigenvalue weighted by molar-refractivity contribution is 0.0643. The van der Waals surface area contributed by atoms with Gasteiger partial charge in [-0.25, -0.2) is 0 Å². The van der Waals surface area contributed by atoms with Crippen LogP contribution in [0.4, 0.5) is 0 Å². The molecule has 1 aromatic rings. The lowest BCUT2D eigenvalue weighted by Crippen LogP contribution is -2.42. The van der Waals surface area contributed by atoms with E-state index in [-0.39, 0.29) is 23.7 Å². The molecule has 16 heavy (non-hydrogen) atoms. The number of carbonyl (C=O) groups excluding carboxylic acids is 1. The Morgan fingerprint density at radius 1 is 1.19 bits per heavy atom. The summed E-state index contributed by atoms with van der Waals surface area (Å²) in [5.74, 6) is 0.0826. The molecule has 0 saturated heterocycles. The van der Waals surface area contributed by atoms with Crippen LogP contribution in [-0.2, 0) is 0 Å². The Kier molecular flexibility index (Phi) is 3.93. The molecule has 0 bridgehead atoms. The molecule has 0 aliphatic heterocycles. The molecule has 0 aliphatic rings. The van der Waals surface area contributed by atoms with Crippen LogP contribution in [0.15, 0.2) is 24.3 Å². The number of nitrogens with zero attached hydrogens (tertiary/aromatic N) is 1. The molecule has 0 heterocycles. The average Bonchev–Trinajstić information content (AvgIpc) is 2.16. The molecular weight excluding hydrogens is 202 g/mol. The van der Waals surface area contributed by atoms with E-state index >= 15 is 0 Å². The number of rotatable bonds is 3. The minimum atomic E-state index is -0.0408. The van der Waals surface area contributed by atoms with Gasteiger partial charge in [0, 0.05) is 17.6 Å². The Morgan fingerprint density at radius 2 is 1.75 bits per heavy atom. The average molecular weight is 221 g/mol. The van der Waals surface area contributed by atoms with Crippen molar-refractivity contribution >= 4 is 5.91 Å². The van der Waals surface area contributed by atoms with Crippen molar-refractivity contribution in [2.45, 2.75) is 39.8 Å². The van der Waals surface area contributed by atoms with Crippen molar-refractivity contribution in [3.8, 4) is 5.75 Å². The lowest BCUT2D eigenvalue weighted by atomic mass is 10.1. The molecule has 0 aromatic heterocycles. The highest BCUT2D eigenvalue weighted by Gasteiger charge is 2.21. The minimum Gasteiger partial charge on any atom is -0.508 e. The summed E-state index contributed by atoms with van der Waals surface area (Å²) in [5.41, 5.74) is 0.530. The number of benzene rings is 1. The molecule has 1 aromatic carbocycles. The highest BCUT2D eigenvalue weighted by atomic mass is 16.3. The van der Waals surface area contributed by atoms with Gasteiger partial charge >= 0.3 is 0 Å². The molecule has 0 spiro atoms. The molecule has 0 aliphatic carbocycles. The van der Waals surface area contributed by atoms with Gasteiger partial charge in [-0.3, -0.25) is 4.79 Å². The maximum atomic E-state index is 12.2. The Labute approximate surface area is 96.7 Å². The largest absolute Gasteiger partial charge is 0.508 e. The van der Waals surface area contributed by atoms with Gasteiger partial charge in [-0.2, -0.15) is 0 Å². The van der Waals surface area contributed by atoms with Crippen LogP contribution in [0, 0.1) is 0 Å². The Balaban J connectivity index is 2.99. The van der Waals surface area contributed by atoms with Crippen molar-refractivity contribution in [3.63, 3.8) is 0 Å². The van der Waals surface area contributed by atoms with Gasteiger partial charge in [-0.15, -0.1) is 0 Å². The number of hydrogen-bond acceptors (Lipinski definition) is 2. The number of aromatic hydroxyl groups is 1. The number of phenolic OH excluding ortho intramolecular Hbond substituents is 1. The minimum absolute atomic E-state index is 0.0408. The van der Waals surface area contributed by atoms with E-state index in [0.717, 1.165) is 0 Å². The predicted octanol–water partition coefficient (Wildman–Crippen LogP) is 2.65. The number of hydrogen-bond donors (Lipinski definition) is 1. The first-order valence-electron chi connectivity index (χ1n) is 5.55. The first kappa shape index (κ1) is 12.6. The van der Waals surface area contributed by atoms with Gasteiger partial charge in [-0.1, -0.05) is 6.07 Å². The van der Waals surface area contributed by atoms with Crippen LogP contribution in [0.5, 0.6) is 5.75 Å². The van der Waals surface area contributed by atoms with Crippen LogP contribution >= 0.6 is 0 Å². The van der Waals surface area contributed by atoms with Crippen LogP contribution in [0.1, 0.15) is 38.1 Å². The van der Waals surface area contributed by atoms with E-state index < -0.39 is 0 Å². The molecule has 3 heteroatoms. The van der Waals surface area contributed by atoms with Crippen molar-refractivity contribution in [3.05, 3.63) is 29.8 Å². The fourth-order valence-electron chi connectivity index (χ4n) is 1.85. The van der Waals surface area contributed by atoms with Gasteiger partial charge < -0.3 is 10.0 Å². The lowest BCUT2D eigenvalue weighted by Gasteiger charge is -2.30. The van der Waals surface area contributed by atoms with Crippen molar-refractivity contribution < 1.29 is 9.90 Å². The van der Waals surface area contributed by atoms with E-state index in [2.05, 4.69) is 0 Å². The maximum Gasteiger partial charge on any atom is 0.254 e. The van der Waals surface area contributed by atoms with E-state index in [0.29, 0.717) is 5.56 Å². The van der Waals surface area contributed by atoms with Gasteiger partial charge in [0.2, 0.25) is 0 Å². The Bertz CT molecular complexity index is 364. The topological polar surface area (TPSA) is 40.5 Å². The van der Waals surface area contributed by atoms with E-state index in [1.165, 1.54) is 6.07 Å². The van der Waals surface area contributed by atoms with E-state index in [9.17, 15) is 9.90 Å². The first-order valence-corrected chi connectivity index (χ1v) is 5.55. The molecule has 1 N–H and O–H groups in total. The van der Waals surface area contributed by atoms with Crippen LogP contribution < -0.4 is 0 Å². The third-order valence-electron chi connectivity index (χ3n) is 2.44. The summed E-state index contributed by atoms with van der Waals surface area (Å²) < 4.78 is 0. The molecule has 0 atom stereocenters. The number of carbonyl (C=O) groups is 1. The fourth-order valence-corrected chi connectivity index (χ4v) is 1.85. The summed E-state index contributed by atoms with van der Waals surface area (Å²) in [6, 6.07) is 6.76. The van der Waals surface area contributed by atoms with Gasteiger partial charge in [0.15, 0.2) is 0 Å². The quantitative estimate of drug-likeness (QED) is 0.852. The SMILES string of the molecule is CC(C)N(C(=O)c1cccc(O)c1)C(C)C. The predicted molar refractivity (Wildman–Crippen MR) is 64.5 cm³/mol. The van der Waals surface area contributed by atoms with E-state index in [1.54, 1.807) is 23.1 Å². The van der Waals surface area contributed by atoms with Crippen molar-refractivity contribution in [1.82, 2.24) is 4.90 Å². The summed E-state index contributed by atoms with van der Waals surface area (Å²) in [4.78, 5) is 14.0. The molecular formula is C13H19NO2. The van der Waals surface area contributed by atoms with Gasteiger partial charge in [-0.05, 0) is 45.9 Å². The second-order valence-electron chi connectivity index (χ2n) is 4.45. The summed E-state index contributed by atoms with van der Waals surface area (Å²) >= 11 is 0. The maximum absolute atomic E-state index is 12.2. The summed E-state index contributed by atoms with van der Waals surface area (Å²) in [6.45, 7) is 7.95. The zero-order valence-corrected chi connectivity index (χ0v) is 10.3. The van der Waals surface area contributed by atoms with E-state index in [1.807, 2.05) is 27.7 Å². The number of amides is 1. The molecule has 0 unspecified atom stereocenters. The van der Waals surface area contributed by atoms with Crippen molar-refractivity contribution in [1.29, 1.82) is 0 Å². The number of phenols is 1. The summed E-state index contributed by atoms with van der Waals surface area (Å²) in [5, 5.41) is 9.35. The van der Waals surface area contributed by atoms with Crippen molar-refractivity contribution in [2.24, 2.45) is 0 Å². The van der Waals surface area contributed by atoms with Crippen molar-refractivity contribution in [2.75, 3.05) is 0 Å². The van der Waals surface area contributed by atoms with E-state index in [4.69, 9.17) is 0 Å². The van der Waals surface area contributed by atoms with Crippen LogP contribution in [-0.4, -0.2) is 28.0 Å². The molecule has 0 saturated carbocycles. The monoisotopic (exact) mass is 221 g/mol. The van der Waals surface area contributed by atoms with Crippen LogP contribution in [0.25, 0.3) is 0 Å². The first-order chi connectivity index (χ1) is 7.43. The smallest absolute Gasteiger partial charge is 0.254 e. The molecule has 0 radical (unpaired) electrons. The third kappa shape index (κ3) is 2.75. The molecule has 3 nitrogen and oxygen atoms in total. The fraction of sp³-hybridized carbons (Fsp3) is 0.462. The zero-order valence-electron chi connectivity index (χ0n) is 10.3. The van der Waals surface area contributed by atoms with Gasteiger partial charge in [0.05, 0.1) is 0 Å². The van der Waals surface area contributed by atoms with Crippen LogP contribution in [0.3, 0.4) is 0 Å². The second kappa shape index (κ2) is 5.01. The summed E-state index contributed by atoms with van der Waals surface area (Å²) in [7, 11) is 0. The Hall–Kier alpha value is -1.51. The standard InChI is InChI=1S/C13H19NO2/c1-9(2)14(10(3)4)13(16)11-6-5-7-12(15)8-11/h5-10,15H,1-4H3. The normalized spacial score (nSPS) is 10.9. The molecule has 1 rings (SSSR count). The van der Waals surface area contributed by atoms with Gasteiger partial charge in [0.1, 0.15) is 5.75 Å². The molecule has 1 amide bonds. The summed E-state index contributed by atoms with van der Waals surface area (Å²) in [6.07, 6.45) is 0. The van der Waals surface area contributed by atoms with Crippen LogP contribution in [0.2, 0.25) is 0 Å². The third-order valence-corrected chi connectivity index (χ3v) is 2.44. The highest BCUT2D eigenvalue weighted by molar-refractivity contribution is 5.94. The zero-order chi connectivity index (χ0) is 12.3. The second-order valence-corrected chi connectivity index (χ2v) is 4.45. The molecule has 0 fully saturated rings. The molecule has 88 valence electrons. The highest BCUT2D eigenvalue weighted by Crippen LogP contribution is 2.16.